The summed E-state index contributed by atoms with van der Waals surface area (Å²) in [5.41, 5.74) is 0. The third-order valence-corrected chi connectivity index (χ3v) is 6.32. The lowest BCUT2D eigenvalue weighted by atomic mass is 10.1. The van der Waals surface area contributed by atoms with Crippen molar-refractivity contribution in [3.8, 4) is 0 Å². The van der Waals surface area contributed by atoms with Crippen molar-refractivity contribution in [2.24, 2.45) is 0 Å². The number of unbranched alkanes of at least 4 members (excludes halogenated alkanes) is 4. The van der Waals surface area contributed by atoms with Crippen LogP contribution in [-0.4, -0.2) is 20.9 Å². The van der Waals surface area contributed by atoms with Crippen LogP contribution in [0.1, 0.15) is 57.3 Å². The van der Waals surface area contributed by atoms with Gasteiger partial charge in [0.1, 0.15) is 5.76 Å². The highest BCUT2D eigenvalue weighted by atomic mass is 79.9. The zero-order chi connectivity index (χ0) is 20.4. The van der Waals surface area contributed by atoms with Crippen LogP contribution in [0.4, 0.5) is 0 Å². The summed E-state index contributed by atoms with van der Waals surface area (Å²) in [4.78, 5) is 12.4. The van der Waals surface area contributed by atoms with Crippen LogP contribution in [0.5, 0.6) is 0 Å². The predicted octanol–water partition coefficient (Wildman–Crippen LogP) is 4.54. The van der Waals surface area contributed by atoms with E-state index in [0.717, 1.165) is 23.7 Å². The van der Waals surface area contributed by atoms with Crippen molar-refractivity contribution in [2.75, 3.05) is 6.54 Å². The Balaban J connectivity index is 1.97. The molecule has 0 bridgehead atoms. The third-order valence-electron chi connectivity index (χ3n) is 4.30. The SMILES string of the molecule is CCCCCCCNC(=O)C[C@H](NS(=O)(=O)c1ccc(Br)cc1)c1ccco1. The maximum atomic E-state index is 12.7. The van der Waals surface area contributed by atoms with Gasteiger partial charge in [-0.05, 0) is 42.8 Å². The van der Waals surface area contributed by atoms with E-state index >= 15 is 0 Å². The smallest absolute Gasteiger partial charge is 0.241 e. The number of rotatable bonds is 12. The molecule has 1 atom stereocenters. The summed E-state index contributed by atoms with van der Waals surface area (Å²) in [5.74, 6) is 0.189. The first-order valence-corrected chi connectivity index (χ1v) is 11.8. The maximum Gasteiger partial charge on any atom is 0.241 e. The number of sulfonamides is 1. The van der Waals surface area contributed by atoms with Crippen LogP contribution in [0, 0.1) is 0 Å². The van der Waals surface area contributed by atoms with Crippen LogP contribution in [0.2, 0.25) is 0 Å². The van der Waals surface area contributed by atoms with Gasteiger partial charge < -0.3 is 9.73 Å². The summed E-state index contributed by atoms with van der Waals surface area (Å²) in [6, 6.07) is 8.87. The monoisotopic (exact) mass is 470 g/mol. The first-order valence-electron chi connectivity index (χ1n) is 9.50. The Kier molecular flexibility index (Phi) is 9.21. The van der Waals surface area contributed by atoms with E-state index in [9.17, 15) is 13.2 Å². The third kappa shape index (κ3) is 7.41. The van der Waals surface area contributed by atoms with E-state index in [2.05, 4.69) is 32.9 Å². The summed E-state index contributed by atoms with van der Waals surface area (Å²) in [6.07, 6.45) is 6.96. The zero-order valence-electron chi connectivity index (χ0n) is 16.0. The number of carbonyl (C=O) groups is 1. The minimum absolute atomic E-state index is 0.0295. The summed E-state index contributed by atoms with van der Waals surface area (Å²) >= 11 is 3.29. The Morgan fingerprint density at radius 2 is 1.82 bits per heavy atom. The Morgan fingerprint density at radius 1 is 1.11 bits per heavy atom. The molecule has 1 aromatic heterocycles. The van der Waals surface area contributed by atoms with Crippen molar-refractivity contribution >= 4 is 31.9 Å². The number of furan rings is 1. The average molecular weight is 471 g/mol. The van der Waals surface area contributed by atoms with Gasteiger partial charge in [0.2, 0.25) is 15.9 Å². The number of halogens is 1. The standard InChI is InChI=1S/C20H27BrN2O4S/c1-2-3-4-5-6-13-22-20(24)15-18(19-8-7-14-27-19)23-28(25,26)17-11-9-16(21)10-12-17/h7-12,14,18,23H,2-6,13,15H2,1H3,(H,22,24)/t18-/m0/s1. The Labute approximate surface area is 175 Å². The molecule has 0 aliphatic rings. The average Bonchev–Trinajstić information content (AvgIpc) is 3.19. The summed E-state index contributed by atoms with van der Waals surface area (Å²) < 4.78 is 34.1. The molecule has 0 saturated carbocycles. The fourth-order valence-corrected chi connectivity index (χ4v) is 4.24. The lowest BCUT2D eigenvalue weighted by Crippen LogP contribution is -2.34. The van der Waals surface area contributed by atoms with Crippen LogP contribution in [0.3, 0.4) is 0 Å². The highest BCUT2D eigenvalue weighted by molar-refractivity contribution is 9.10. The van der Waals surface area contributed by atoms with Gasteiger partial charge in [-0.3, -0.25) is 4.79 Å². The molecule has 154 valence electrons. The maximum absolute atomic E-state index is 12.7. The van der Waals surface area contributed by atoms with Gasteiger partial charge in [-0.25, -0.2) is 8.42 Å². The van der Waals surface area contributed by atoms with Crippen molar-refractivity contribution in [1.82, 2.24) is 10.0 Å². The van der Waals surface area contributed by atoms with Crippen molar-refractivity contribution < 1.29 is 17.6 Å². The highest BCUT2D eigenvalue weighted by Crippen LogP contribution is 2.22. The molecule has 2 N–H and O–H groups in total. The van der Waals surface area contributed by atoms with Gasteiger partial charge in [-0.1, -0.05) is 48.5 Å². The fourth-order valence-electron chi connectivity index (χ4n) is 2.77. The summed E-state index contributed by atoms with van der Waals surface area (Å²) in [7, 11) is -3.79. The van der Waals surface area contributed by atoms with Crippen molar-refractivity contribution in [2.45, 2.75) is 56.4 Å². The first kappa shape index (κ1) is 22.6. The molecule has 0 unspecified atom stereocenters. The topological polar surface area (TPSA) is 88.4 Å². The van der Waals surface area contributed by atoms with E-state index in [1.165, 1.54) is 31.2 Å². The predicted molar refractivity (Wildman–Crippen MR) is 112 cm³/mol. The van der Waals surface area contributed by atoms with Gasteiger partial charge in [-0.2, -0.15) is 4.72 Å². The molecule has 6 nitrogen and oxygen atoms in total. The van der Waals surface area contributed by atoms with Crippen LogP contribution in [0.25, 0.3) is 0 Å². The lowest BCUT2D eigenvalue weighted by Gasteiger charge is -2.17. The normalized spacial score (nSPS) is 12.6. The lowest BCUT2D eigenvalue weighted by molar-refractivity contribution is -0.121. The molecule has 8 heteroatoms. The molecule has 0 aliphatic carbocycles. The van der Waals surface area contributed by atoms with Gasteiger partial charge in [-0.15, -0.1) is 0 Å². The second-order valence-electron chi connectivity index (χ2n) is 6.61. The number of hydrogen-bond acceptors (Lipinski definition) is 4. The summed E-state index contributed by atoms with van der Waals surface area (Å²) in [5, 5.41) is 2.86. The molecule has 28 heavy (non-hydrogen) atoms. The summed E-state index contributed by atoms with van der Waals surface area (Å²) in [6.45, 7) is 2.75. The van der Waals surface area contributed by atoms with Crippen LogP contribution in [-0.2, 0) is 14.8 Å². The second-order valence-corrected chi connectivity index (χ2v) is 9.24. The fraction of sp³-hybridized carbons (Fsp3) is 0.450. The minimum atomic E-state index is -3.79. The van der Waals surface area contributed by atoms with E-state index in [1.807, 2.05) is 0 Å². The Morgan fingerprint density at radius 3 is 2.46 bits per heavy atom. The van der Waals surface area contributed by atoms with Gasteiger partial charge in [0, 0.05) is 11.0 Å². The molecule has 0 radical (unpaired) electrons. The van der Waals surface area contributed by atoms with Crippen LogP contribution < -0.4 is 10.0 Å². The molecule has 0 aliphatic heterocycles. The Bertz CT molecular complexity index is 820. The molecule has 1 aromatic carbocycles. The molecule has 0 fully saturated rings. The van der Waals surface area contributed by atoms with Gasteiger partial charge in [0.05, 0.1) is 23.6 Å². The van der Waals surface area contributed by atoms with Crippen molar-refractivity contribution in [3.63, 3.8) is 0 Å². The molecule has 0 spiro atoms. The first-order chi connectivity index (χ1) is 13.4. The van der Waals surface area contributed by atoms with Crippen molar-refractivity contribution in [3.05, 3.63) is 52.9 Å². The second kappa shape index (κ2) is 11.4. The van der Waals surface area contributed by atoms with E-state index in [-0.39, 0.29) is 17.2 Å². The molecule has 1 heterocycles. The van der Waals surface area contributed by atoms with Gasteiger partial charge >= 0.3 is 0 Å². The van der Waals surface area contributed by atoms with Crippen molar-refractivity contribution in [1.29, 1.82) is 0 Å². The largest absolute Gasteiger partial charge is 0.468 e. The minimum Gasteiger partial charge on any atom is -0.468 e. The molecule has 2 aromatic rings. The number of hydrogen-bond donors (Lipinski definition) is 2. The van der Waals surface area contributed by atoms with E-state index < -0.39 is 16.1 Å². The number of amides is 1. The van der Waals surface area contributed by atoms with E-state index in [1.54, 1.807) is 24.3 Å². The highest BCUT2D eigenvalue weighted by Gasteiger charge is 2.25. The van der Waals surface area contributed by atoms with Gasteiger partial charge in [0.15, 0.2) is 0 Å². The Hall–Kier alpha value is -1.64. The van der Waals surface area contributed by atoms with Crippen LogP contribution >= 0.6 is 15.9 Å². The molecular formula is C20H27BrN2O4S. The number of benzene rings is 1. The molecule has 2 rings (SSSR count). The molecule has 1 amide bonds. The molecular weight excluding hydrogens is 444 g/mol. The van der Waals surface area contributed by atoms with E-state index in [0.29, 0.717) is 12.3 Å². The van der Waals surface area contributed by atoms with E-state index in [4.69, 9.17) is 4.42 Å². The van der Waals surface area contributed by atoms with Gasteiger partial charge in [0.25, 0.3) is 0 Å². The van der Waals surface area contributed by atoms with Crippen LogP contribution in [0.15, 0.2) is 56.4 Å². The quantitative estimate of drug-likeness (QED) is 0.445. The number of carbonyl (C=O) groups excluding carboxylic acids is 1. The number of nitrogens with one attached hydrogen (secondary N) is 2. The zero-order valence-corrected chi connectivity index (χ0v) is 18.4. The molecule has 0 saturated heterocycles.